The molecule has 0 bridgehead atoms. The predicted molar refractivity (Wildman–Crippen MR) is 101 cm³/mol. The van der Waals surface area contributed by atoms with Crippen molar-refractivity contribution < 1.29 is 23.2 Å². The number of halogens is 3. The number of benzene rings is 1. The summed E-state index contributed by atoms with van der Waals surface area (Å²) in [5.41, 5.74) is -0.590. The van der Waals surface area contributed by atoms with Crippen LogP contribution in [0.4, 0.5) is 13.6 Å². The number of urea groups is 1. The Kier molecular flexibility index (Phi) is 5.23. The van der Waals surface area contributed by atoms with E-state index in [1.807, 2.05) is 0 Å². The lowest BCUT2D eigenvalue weighted by atomic mass is 9.67. The first-order chi connectivity index (χ1) is 13.8. The van der Waals surface area contributed by atoms with Crippen LogP contribution in [-0.2, 0) is 9.59 Å². The van der Waals surface area contributed by atoms with Crippen molar-refractivity contribution in [1.29, 1.82) is 0 Å². The average Bonchev–Trinajstić information content (AvgIpc) is 3.25. The second-order valence-corrected chi connectivity index (χ2v) is 8.68. The van der Waals surface area contributed by atoms with Crippen molar-refractivity contribution in [3.8, 4) is 0 Å². The van der Waals surface area contributed by atoms with Crippen molar-refractivity contribution in [3.63, 3.8) is 0 Å². The molecule has 0 aromatic heterocycles. The second kappa shape index (κ2) is 7.55. The lowest BCUT2D eigenvalue weighted by Crippen LogP contribution is -2.60. The zero-order valence-corrected chi connectivity index (χ0v) is 16.4. The number of nitrogens with one attached hydrogen (secondary N) is 3. The van der Waals surface area contributed by atoms with Crippen molar-refractivity contribution >= 4 is 29.4 Å². The van der Waals surface area contributed by atoms with E-state index in [2.05, 4.69) is 16.0 Å². The van der Waals surface area contributed by atoms with Crippen LogP contribution in [0.2, 0.25) is 5.02 Å². The summed E-state index contributed by atoms with van der Waals surface area (Å²) >= 11 is 6.06. The number of alkyl halides is 2. The van der Waals surface area contributed by atoms with Gasteiger partial charge in [-0.15, -0.1) is 0 Å². The monoisotopic (exact) mass is 425 g/mol. The van der Waals surface area contributed by atoms with Crippen molar-refractivity contribution in [1.82, 2.24) is 16.0 Å². The zero-order chi connectivity index (χ0) is 20.8. The minimum atomic E-state index is -2.65. The van der Waals surface area contributed by atoms with Crippen molar-refractivity contribution in [3.05, 3.63) is 34.3 Å². The Hall–Kier alpha value is -2.22. The van der Waals surface area contributed by atoms with Crippen molar-refractivity contribution in [2.75, 3.05) is 0 Å². The van der Waals surface area contributed by atoms with E-state index in [0.29, 0.717) is 5.56 Å². The Labute approximate surface area is 171 Å². The van der Waals surface area contributed by atoms with Crippen LogP contribution in [0.15, 0.2) is 18.2 Å². The minimum Gasteiger partial charge on any atom is -0.349 e. The molecular formula is C20H22ClF2N3O3. The van der Waals surface area contributed by atoms with E-state index in [1.54, 1.807) is 6.07 Å². The Morgan fingerprint density at radius 3 is 2.38 bits per heavy atom. The van der Waals surface area contributed by atoms with E-state index in [4.69, 9.17) is 11.6 Å². The molecular weight excluding hydrogens is 404 g/mol. The third-order valence-electron chi connectivity index (χ3n) is 6.30. The fraction of sp³-hybridized carbons (Fsp3) is 0.550. The zero-order valence-electron chi connectivity index (χ0n) is 15.6. The Balaban J connectivity index is 1.51. The first kappa shape index (κ1) is 20.1. The molecule has 2 aliphatic carbocycles. The standard InChI is InChI=1S/C20H22ClF2N3O3/c21-14-6-11(5-12(7-14)16(22)23)15(10-3-1-2-4-10)24-17(27)13-8-20(9-13)18(28)25-19(29)26-20/h5-7,10,13,15-16H,1-4,8-9H2,(H,24,27)(H2,25,26,28,29)/t13?,15-,20?/m0/s1. The third-order valence-corrected chi connectivity index (χ3v) is 6.52. The number of amides is 4. The van der Waals surface area contributed by atoms with E-state index < -0.39 is 35.9 Å². The Morgan fingerprint density at radius 1 is 1.14 bits per heavy atom. The van der Waals surface area contributed by atoms with Gasteiger partial charge in [0.15, 0.2) is 0 Å². The molecule has 0 radical (unpaired) electrons. The van der Waals surface area contributed by atoms with Gasteiger partial charge in [-0.3, -0.25) is 14.9 Å². The van der Waals surface area contributed by atoms with Gasteiger partial charge in [-0.1, -0.05) is 24.4 Å². The van der Waals surface area contributed by atoms with Crippen LogP contribution >= 0.6 is 11.6 Å². The summed E-state index contributed by atoms with van der Waals surface area (Å²) in [4.78, 5) is 36.2. The molecule has 3 N–H and O–H groups in total. The molecule has 9 heteroatoms. The molecule has 1 aliphatic heterocycles. The fourth-order valence-corrected chi connectivity index (χ4v) is 5.01. The molecule has 1 saturated heterocycles. The van der Waals surface area contributed by atoms with E-state index in [-0.39, 0.29) is 35.3 Å². The van der Waals surface area contributed by atoms with E-state index in [0.717, 1.165) is 25.7 Å². The minimum absolute atomic E-state index is 0.145. The van der Waals surface area contributed by atoms with Crippen LogP contribution in [0, 0.1) is 11.8 Å². The summed E-state index contributed by atoms with van der Waals surface area (Å²) in [6.07, 6.45) is 1.65. The Bertz CT molecular complexity index is 851. The summed E-state index contributed by atoms with van der Waals surface area (Å²) in [5, 5.41) is 8.01. The number of carbonyl (C=O) groups excluding carboxylic acids is 3. The first-order valence-electron chi connectivity index (χ1n) is 9.80. The molecule has 1 aromatic rings. The van der Waals surface area contributed by atoms with Gasteiger partial charge in [0.1, 0.15) is 5.54 Å². The van der Waals surface area contributed by atoms with Gasteiger partial charge in [-0.25, -0.2) is 13.6 Å². The average molecular weight is 426 g/mol. The SMILES string of the molecule is O=C1NC(=O)C2(CC(C(=O)N[C@H](c3cc(Cl)cc(C(F)F)c3)C3CCCC3)C2)N1. The predicted octanol–water partition coefficient (Wildman–Crippen LogP) is 3.61. The third kappa shape index (κ3) is 3.82. The van der Waals surface area contributed by atoms with Crippen LogP contribution in [0.25, 0.3) is 0 Å². The number of hydrogen-bond acceptors (Lipinski definition) is 3. The van der Waals surface area contributed by atoms with Crippen LogP contribution in [0.5, 0.6) is 0 Å². The van der Waals surface area contributed by atoms with Gasteiger partial charge in [0.05, 0.1) is 6.04 Å². The van der Waals surface area contributed by atoms with Crippen molar-refractivity contribution in [2.45, 2.75) is 56.5 Å². The van der Waals surface area contributed by atoms with Gasteiger partial charge in [0.2, 0.25) is 5.91 Å². The molecule has 1 atom stereocenters. The van der Waals surface area contributed by atoms with Gasteiger partial charge in [0.25, 0.3) is 12.3 Å². The van der Waals surface area contributed by atoms with Crippen LogP contribution in [0.3, 0.4) is 0 Å². The molecule has 29 heavy (non-hydrogen) atoms. The molecule has 156 valence electrons. The highest BCUT2D eigenvalue weighted by Crippen LogP contribution is 2.42. The molecule has 1 spiro atoms. The summed E-state index contributed by atoms with van der Waals surface area (Å²) in [7, 11) is 0. The molecule has 2 saturated carbocycles. The smallest absolute Gasteiger partial charge is 0.322 e. The Morgan fingerprint density at radius 2 is 1.79 bits per heavy atom. The highest BCUT2D eigenvalue weighted by atomic mass is 35.5. The fourth-order valence-electron chi connectivity index (χ4n) is 4.76. The topological polar surface area (TPSA) is 87.3 Å². The number of hydrogen-bond donors (Lipinski definition) is 3. The summed E-state index contributed by atoms with van der Waals surface area (Å²) in [6.45, 7) is 0. The summed E-state index contributed by atoms with van der Waals surface area (Å²) in [5.74, 6) is -0.918. The lowest BCUT2D eigenvalue weighted by Gasteiger charge is -2.42. The van der Waals surface area contributed by atoms with Crippen LogP contribution in [-0.4, -0.2) is 23.4 Å². The van der Waals surface area contributed by atoms with E-state index in [9.17, 15) is 23.2 Å². The highest BCUT2D eigenvalue weighted by Gasteiger charge is 2.57. The molecule has 4 amide bonds. The number of rotatable bonds is 5. The summed E-state index contributed by atoms with van der Waals surface area (Å²) < 4.78 is 26.5. The molecule has 6 nitrogen and oxygen atoms in total. The number of imide groups is 1. The van der Waals surface area contributed by atoms with Gasteiger partial charge in [0, 0.05) is 16.5 Å². The second-order valence-electron chi connectivity index (χ2n) is 8.24. The maximum Gasteiger partial charge on any atom is 0.322 e. The molecule has 4 rings (SSSR count). The largest absolute Gasteiger partial charge is 0.349 e. The summed E-state index contributed by atoms with van der Waals surface area (Å²) in [6, 6.07) is 3.32. The van der Waals surface area contributed by atoms with E-state index >= 15 is 0 Å². The molecule has 1 aromatic carbocycles. The normalized spacial score (nSPS) is 27.7. The molecule has 3 aliphatic rings. The lowest BCUT2D eigenvalue weighted by molar-refractivity contribution is -0.137. The van der Waals surface area contributed by atoms with Crippen molar-refractivity contribution in [2.24, 2.45) is 11.8 Å². The van der Waals surface area contributed by atoms with Crippen LogP contribution < -0.4 is 16.0 Å². The molecule has 3 fully saturated rings. The maximum atomic E-state index is 13.2. The molecule has 1 heterocycles. The first-order valence-corrected chi connectivity index (χ1v) is 10.2. The maximum absolute atomic E-state index is 13.2. The van der Waals surface area contributed by atoms with Gasteiger partial charge in [-0.05, 0) is 55.4 Å². The van der Waals surface area contributed by atoms with Gasteiger partial charge >= 0.3 is 6.03 Å². The highest BCUT2D eigenvalue weighted by molar-refractivity contribution is 6.30. The quantitative estimate of drug-likeness (QED) is 0.630. The van der Waals surface area contributed by atoms with E-state index in [1.165, 1.54) is 12.1 Å². The van der Waals surface area contributed by atoms with Crippen LogP contribution in [0.1, 0.15) is 62.1 Å². The van der Waals surface area contributed by atoms with Gasteiger partial charge in [-0.2, -0.15) is 0 Å². The number of carbonyl (C=O) groups is 3. The molecule has 0 unspecified atom stereocenters. The van der Waals surface area contributed by atoms with Gasteiger partial charge < -0.3 is 10.6 Å².